The second kappa shape index (κ2) is 7.55. The molecule has 5 nitrogen and oxygen atoms in total. The number of aliphatic imine (C=N–C) groups is 1. The topological polar surface area (TPSA) is 89.1 Å². The Balaban J connectivity index is 1.78. The average molecular weight is 343 g/mol. The lowest BCUT2D eigenvalue weighted by Gasteiger charge is -2.20. The third kappa shape index (κ3) is 3.98. The zero-order valence-corrected chi connectivity index (χ0v) is 13.8. The minimum absolute atomic E-state index is 0.0698. The van der Waals surface area contributed by atoms with Crippen LogP contribution >= 0.6 is 11.8 Å². The first-order chi connectivity index (χ1) is 11.7. The van der Waals surface area contributed by atoms with Gasteiger partial charge in [0, 0.05) is 17.2 Å². The molecule has 0 aliphatic carbocycles. The number of halogens is 1. The van der Waals surface area contributed by atoms with Crippen LogP contribution in [0.4, 0.5) is 10.1 Å². The maximum absolute atomic E-state index is 13.5. The molecule has 2 aromatic carbocycles. The molecule has 4 N–H and O–H groups in total. The highest BCUT2D eigenvalue weighted by atomic mass is 32.2. The van der Waals surface area contributed by atoms with Crippen LogP contribution in [-0.4, -0.2) is 11.7 Å². The van der Waals surface area contributed by atoms with Gasteiger partial charge in [-0.3, -0.25) is 0 Å². The van der Waals surface area contributed by atoms with E-state index in [1.807, 2.05) is 24.3 Å². The molecular formula is C17H18FN5S. The Bertz CT molecular complexity index is 790. The molecular weight excluding hydrogens is 325 g/mol. The lowest BCUT2D eigenvalue weighted by molar-refractivity contribution is 0.603. The number of nitrogens with zero attached hydrogens (tertiary/aromatic N) is 3. The van der Waals surface area contributed by atoms with Gasteiger partial charge in [0.1, 0.15) is 5.82 Å². The molecule has 2 aromatic rings. The van der Waals surface area contributed by atoms with Gasteiger partial charge < -0.3 is 11.5 Å². The monoisotopic (exact) mass is 343 g/mol. The Hall–Kier alpha value is -2.25. The molecule has 1 heterocycles. The predicted molar refractivity (Wildman–Crippen MR) is 95.0 cm³/mol. The summed E-state index contributed by atoms with van der Waals surface area (Å²) >= 11 is 1.70. The maximum Gasteiger partial charge on any atom is 0.240 e. The number of hydrogen-bond acceptors (Lipinski definition) is 4. The van der Waals surface area contributed by atoms with Gasteiger partial charge in [0.05, 0.1) is 11.7 Å². The SMILES string of the molecule is NCc1cccc(N=C(N)N=NC2CCSc3ccc(F)cc32)c1. The fourth-order valence-electron chi connectivity index (χ4n) is 2.50. The molecule has 7 heteroatoms. The molecule has 0 amide bonds. The molecule has 1 aliphatic heterocycles. The van der Waals surface area contributed by atoms with E-state index in [4.69, 9.17) is 11.5 Å². The zero-order valence-electron chi connectivity index (χ0n) is 13.0. The van der Waals surface area contributed by atoms with E-state index < -0.39 is 0 Å². The fourth-order valence-corrected chi connectivity index (χ4v) is 3.59. The highest BCUT2D eigenvalue weighted by Crippen LogP contribution is 2.38. The Morgan fingerprint density at radius 1 is 1.25 bits per heavy atom. The first-order valence-electron chi connectivity index (χ1n) is 7.62. The lowest BCUT2D eigenvalue weighted by atomic mass is 10.0. The van der Waals surface area contributed by atoms with Crippen molar-refractivity contribution in [3.63, 3.8) is 0 Å². The standard InChI is InChI=1S/C17H18FN5S/c18-12-4-5-16-14(9-12)15(6-7-24-16)22-23-17(20)21-13-3-1-2-11(8-13)10-19/h1-5,8-9,15H,6-7,10,19H2,(H2,20,21). The fraction of sp³-hybridized carbons (Fsp3) is 0.235. The molecule has 124 valence electrons. The second-order valence-electron chi connectivity index (χ2n) is 5.39. The molecule has 0 radical (unpaired) electrons. The molecule has 24 heavy (non-hydrogen) atoms. The van der Waals surface area contributed by atoms with Crippen LogP contribution in [0, 0.1) is 5.82 Å². The van der Waals surface area contributed by atoms with E-state index in [0.717, 1.165) is 28.2 Å². The van der Waals surface area contributed by atoms with Crippen LogP contribution in [0.2, 0.25) is 0 Å². The first kappa shape index (κ1) is 16.6. The summed E-state index contributed by atoms with van der Waals surface area (Å²) in [5.74, 6) is 0.717. The van der Waals surface area contributed by atoms with Gasteiger partial charge in [0.15, 0.2) is 0 Å². The van der Waals surface area contributed by atoms with Crippen molar-refractivity contribution in [1.29, 1.82) is 0 Å². The van der Waals surface area contributed by atoms with Crippen molar-refractivity contribution in [2.24, 2.45) is 26.7 Å². The van der Waals surface area contributed by atoms with Gasteiger partial charge in [0.2, 0.25) is 5.96 Å². The highest BCUT2D eigenvalue weighted by Gasteiger charge is 2.21. The summed E-state index contributed by atoms with van der Waals surface area (Å²) in [5, 5.41) is 8.29. The van der Waals surface area contributed by atoms with Crippen LogP contribution in [0.25, 0.3) is 0 Å². The number of nitrogens with two attached hydrogens (primary N) is 2. The van der Waals surface area contributed by atoms with Gasteiger partial charge in [-0.2, -0.15) is 5.11 Å². The smallest absolute Gasteiger partial charge is 0.240 e. The van der Waals surface area contributed by atoms with Gasteiger partial charge in [0.25, 0.3) is 0 Å². The average Bonchev–Trinajstić information content (AvgIpc) is 2.60. The van der Waals surface area contributed by atoms with Crippen molar-refractivity contribution < 1.29 is 4.39 Å². The quantitative estimate of drug-likeness (QED) is 0.503. The summed E-state index contributed by atoms with van der Waals surface area (Å²) in [4.78, 5) is 5.26. The third-order valence-corrected chi connectivity index (χ3v) is 4.79. The number of fused-ring (bicyclic) bond motifs is 1. The molecule has 1 atom stereocenters. The van der Waals surface area contributed by atoms with E-state index in [2.05, 4.69) is 15.2 Å². The van der Waals surface area contributed by atoms with Gasteiger partial charge in [-0.1, -0.05) is 12.1 Å². The summed E-state index contributed by atoms with van der Waals surface area (Å²) in [5.41, 5.74) is 14.0. The second-order valence-corrected chi connectivity index (χ2v) is 6.53. The van der Waals surface area contributed by atoms with E-state index in [1.165, 1.54) is 12.1 Å². The molecule has 3 rings (SSSR count). The van der Waals surface area contributed by atoms with Crippen molar-refractivity contribution in [2.45, 2.75) is 23.9 Å². The number of benzene rings is 2. The molecule has 0 saturated heterocycles. The lowest BCUT2D eigenvalue weighted by Crippen LogP contribution is -2.09. The molecule has 0 fully saturated rings. The van der Waals surface area contributed by atoms with E-state index in [9.17, 15) is 4.39 Å². The summed E-state index contributed by atoms with van der Waals surface area (Å²) in [6.07, 6.45) is 0.792. The minimum atomic E-state index is -0.267. The molecule has 1 aliphatic rings. The van der Waals surface area contributed by atoms with Crippen LogP contribution < -0.4 is 11.5 Å². The van der Waals surface area contributed by atoms with Crippen molar-refractivity contribution in [2.75, 3.05) is 5.75 Å². The van der Waals surface area contributed by atoms with Gasteiger partial charge in [-0.05, 0) is 47.9 Å². The van der Waals surface area contributed by atoms with Crippen molar-refractivity contribution in [3.8, 4) is 0 Å². The maximum atomic E-state index is 13.5. The Morgan fingerprint density at radius 2 is 2.12 bits per heavy atom. The van der Waals surface area contributed by atoms with Crippen molar-refractivity contribution in [3.05, 3.63) is 59.4 Å². The highest BCUT2D eigenvalue weighted by molar-refractivity contribution is 7.99. The molecule has 0 aromatic heterocycles. The van der Waals surface area contributed by atoms with Crippen molar-refractivity contribution in [1.82, 2.24) is 0 Å². The zero-order chi connectivity index (χ0) is 16.9. The first-order valence-corrected chi connectivity index (χ1v) is 8.60. The van der Waals surface area contributed by atoms with Gasteiger partial charge >= 0.3 is 0 Å². The number of azo groups is 1. The van der Waals surface area contributed by atoms with Crippen LogP contribution in [0.15, 0.2) is 62.6 Å². The predicted octanol–water partition coefficient (Wildman–Crippen LogP) is 3.92. The minimum Gasteiger partial charge on any atom is -0.366 e. The van der Waals surface area contributed by atoms with Gasteiger partial charge in [-0.15, -0.1) is 16.9 Å². The van der Waals surface area contributed by atoms with Crippen LogP contribution in [0.5, 0.6) is 0 Å². The van der Waals surface area contributed by atoms with Gasteiger partial charge in [-0.25, -0.2) is 9.38 Å². The largest absolute Gasteiger partial charge is 0.366 e. The van der Waals surface area contributed by atoms with E-state index in [0.29, 0.717) is 12.2 Å². The van der Waals surface area contributed by atoms with Crippen molar-refractivity contribution >= 4 is 23.4 Å². The third-order valence-electron chi connectivity index (χ3n) is 3.67. The summed E-state index contributed by atoms with van der Waals surface area (Å²) < 4.78 is 13.5. The number of guanidine groups is 1. The number of thioether (sulfide) groups is 1. The normalized spacial score (nSPS) is 17.9. The summed E-state index contributed by atoms with van der Waals surface area (Å²) in [6.45, 7) is 0.437. The van der Waals surface area contributed by atoms with Crippen LogP contribution in [-0.2, 0) is 6.54 Å². The Morgan fingerprint density at radius 3 is 2.96 bits per heavy atom. The molecule has 0 spiro atoms. The van der Waals surface area contributed by atoms with Crippen LogP contribution in [0.3, 0.4) is 0 Å². The Kier molecular flexibility index (Phi) is 5.22. The van der Waals surface area contributed by atoms with E-state index >= 15 is 0 Å². The number of rotatable bonds is 3. The van der Waals surface area contributed by atoms with E-state index in [1.54, 1.807) is 17.8 Å². The molecule has 0 bridgehead atoms. The number of hydrogen-bond donors (Lipinski definition) is 2. The van der Waals surface area contributed by atoms with Crippen LogP contribution in [0.1, 0.15) is 23.6 Å². The summed E-state index contributed by atoms with van der Waals surface area (Å²) in [6, 6.07) is 12.0. The Labute approximate surface area is 144 Å². The van der Waals surface area contributed by atoms with E-state index in [-0.39, 0.29) is 17.8 Å². The summed E-state index contributed by atoms with van der Waals surface area (Å²) in [7, 11) is 0. The molecule has 0 saturated carbocycles. The molecule has 1 unspecified atom stereocenters.